The van der Waals surface area contributed by atoms with Crippen LogP contribution in [0.15, 0.2) is 160 Å². The summed E-state index contributed by atoms with van der Waals surface area (Å²) in [6, 6.07) is 32.0. The van der Waals surface area contributed by atoms with Crippen LogP contribution in [-0.4, -0.2) is 16.8 Å². The molecule has 0 amide bonds. The van der Waals surface area contributed by atoms with Gasteiger partial charge in [0.25, 0.3) is 0 Å². The second kappa shape index (κ2) is 17.8. The van der Waals surface area contributed by atoms with Gasteiger partial charge in [0.05, 0.1) is 19.6 Å². The van der Waals surface area contributed by atoms with Gasteiger partial charge in [-0.15, -0.1) is 0 Å². The van der Waals surface area contributed by atoms with E-state index in [9.17, 15) is 16.8 Å². The topological polar surface area (TPSA) is 68.3 Å². The Morgan fingerprint density at radius 3 is 0.769 bits per heavy atom. The second-order valence-electron chi connectivity index (χ2n) is 10.6. The molecular weight excluding hydrogens is 908 g/mol. The highest BCUT2D eigenvalue weighted by molar-refractivity contribution is 7.99. The van der Waals surface area contributed by atoms with Crippen molar-refractivity contribution in [2.45, 2.75) is 39.2 Å². The Morgan fingerprint density at radius 1 is 0.288 bits per heavy atom. The molecule has 0 aliphatic carbocycles. The van der Waals surface area contributed by atoms with E-state index in [-0.39, 0.29) is 39.7 Å². The molecule has 0 heterocycles. The Hall–Kier alpha value is -1.76. The van der Waals surface area contributed by atoms with Gasteiger partial charge in [-0.3, -0.25) is 0 Å². The van der Waals surface area contributed by atoms with Crippen molar-refractivity contribution >= 4 is 136 Å². The fourth-order valence-electron chi connectivity index (χ4n) is 4.46. The molecule has 6 aromatic rings. The van der Waals surface area contributed by atoms with E-state index in [0.29, 0.717) is 20.1 Å². The van der Waals surface area contributed by atoms with Crippen molar-refractivity contribution in [3.63, 3.8) is 0 Å². The van der Waals surface area contributed by atoms with Crippen molar-refractivity contribution in [1.82, 2.24) is 0 Å². The lowest BCUT2D eigenvalue weighted by atomic mass is 10.3. The molecule has 4 nitrogen and oxygen atoms in total. The zero-order chi connectivity index (χ0) is 37.8. The molecule has 0 unspecified atom stereocenters. The third kappa shape index (κ3) is 11.2. The molecule has 16 heteroatoms. The Labute approximate surface area is 350 Å². The maximum absolute atomic E-state index is 12.8. The standard InChI is InChI=1S/C18H10Cl4O4S2.C18H10Cl4S2/c19-11-5-12(20)8-17(7-11)27(23,24)15-1-2-16(4-3-15)28(25,26)18-9-13(21)6-14(22)10-18;19-11-5-12(20)8-17(7-11)23-15-1-2-16(4-3-15)24-18-9-13(21)6-14(22)10-18/h1-10H;1-10H. The van der Waals surface area contributed by atoms with Gasteiger partial charge in [0.15, 0.2) is 0 Å². The van der Waals surface area contributed by atoms with E-state index < -0.39 is 19.7 Å². The highest BCUT2D eigenvalue weighted by atomic mass is 35.5. The molecule has 0 aromatic heterocycles. The first kappa shape index (κ1) is 41.4. The van der Waals surface area contributed by atoms with Crippen LogP contribution in [-0.2, 0) is 19.7 Å². The van der Waals surface area contributed by atoms with Crippen LogP contribution in [0.3, 0.4) is 0 Å². The minimum atomic E-state index is -3.93. The first-order valence-corrected chi connectivity index (χ1v) is 22.0. The molecule has 268 valence electrons. The zero-order valence-electron chi connectivity index (χ0n) is 25.8. The molecule has 52 heavy (non-hydrogen) atoms. The SMILES string of the molecule is Clc1cc(Cl)cc(Sc2ccc(Sc3cc(Cl)cc(Cl)c3)cc2)c1.O=S(=O)(c1ccc(S(=O)(=O)c2cc(Cl)cc(Cl)c2)cc1)c1cc(Cl)cc(Cl)c1. The van der Waals surface area contributed by atoms with E-state index in [0.717, 1.165) is 19.6 Å². The van der Waals surface area contributed by atoms with E-state index in [2.05, 4.69) is 24.3 Å². The zero-order valence-corrected chi connectivity index (χ0v) is 35.2. The molecule has 0 saturated heterocycles. The summed E-state index contributed by atoms with van der Waals surface area (Å²) in [4.78, 5) is 3.85. The molecule has 0 aliphatic heterocycles. The number of hydrogen-bond acceptors (Lipinski definition) is 6. The van der Waals surface area contributed by atoms with Crippen LogP contribution >= 0.6 is 116 Å². The average molecular weight is 928 g/mol. The van der Waals surface area contributed by atoms with Gasteiger partial charge in [-0.2, -0.15) is 0 Å². The minimum Gasteiger partial charge on any atom is -0.219 e. The van der Waals surface area contributed by atoms with Crippen LogP contribution in [0.2, 0.25) is 40.2 Å². The van der Waals surface area contributed by atoms with Gasteiger partial charge in [0.1, 0.15) is 0 Å². The Balaban J connectivity index is 0.000000203. The third-order valence-electron chi connectivity index (χ3n) is 6.70. The van der Waals surface area contributed by atoms with Crippen LogP contribution in [0, 0.1) is 0 Å². The summed E-state index contributed by atoms with van der Waals surface area (Å²) in [5.41, 5.74) is 0. The van der Waals surface area contributed by atoms with Crippen LogP contribution in [0.4, 0.5) is 0 Å². The maximum Gasteiger partial charge on any atom is 0.206 e. The number of rotatable bonds is 8. The van der Waals surface area contributed by atoms with E-state index in [4.69, 9.17) is 92.8 Å². The fraction of sp³-hybridized carbons (Fsp3) is 0. The lowest BCUT2D eigenvalue weighted by molar-refractivity contribution is 0.592. The largest absolute Gasteiger partial charge is 0.219 e. The average Bonchev–Trinajstić information content (AvgIpc) is 3.04. The monoisotopic (exact) mass is 924 g/mol. The van der Waals surface area contributed by atoms with Gasteiger partial charge < -0.3 is 0 Å². The van der Waals surface area contributed by atoms with Gasteiger partial charge in [0.2, 0.25) is 19.7 Å². The highest BCUT2D eigenvalue weighted by Gasteiger charge is 2.23. The Kier molecular flexibility index (Phi) is 14.2. The normalized spacial score (nSPS) is 11.5. The number of hydrogen-bond donors (Lipinski definition) is 0. The van der Waals surface area contributed by atoms with Crippen molar-refractivity contribution in [3.8, 4) is 0 Å². The summed E-state index contributed by atoms with van der Waals surface area (Å²) in [7, 11) is -7.86. The van der Waals surface area contributed by atoms with Crippen molar-refractivity contribution in [2.75, 3.05) is 0 Å². The molecule has 6 rings (SSSR count). The molecule has 0 saturated carbocycles. The minimum absolute atomic E-state index is 0.0952. The van der Waals surface area contributed by atoms with E-state index in [1.807, 2.05) is 24.3 Å². The smallest absolute Gasteiger partial charge is 0.206 e. The number of sulfone groups is 2. The van der Waals surface area contributed by atoms with E-state index in [1.54, 1.807) is 35.7 Å². The molecule has 0 radical (unpaired) electrons. The molecule has 0 fully saturated rings. The molecular formula is C36H20Cl8O4S4. The van der Waals surface area contributed by atoms with Gasteiger partial charge in [-0.1, -0.05) is 116 Å². The van der Waals surface area contributed by atoms with Crippen molar-refractivity contribution < 1.29 is 16.8 Å². The van der Waals surface area contributed by atoms with Gasteiger partial charge in [-0.05, 0) is 121 Å². The summed E-state index contributed by atoms with van der Waals surface area (Å²) >= 11 is 50.9. The van der Waals surface area contributed by atoms with Crippen LogP contribution in [0.1, 0.15) is 0 Å². The van der Waals surface area contributed by atoms with E-state index in [1.165, 1.54) is 60.7 Å². The van der Waals surface area contributed by atoms with Crippen LogP contribution in [0.5, 0.6) is 0 Å². The first-order chi connectivity index (χ1) is 24.5. The van der Waals surface area contributed by atoms with Gasteiger partial charge in [0, 0.05) is 59.8 Å². The number of halogens is 8. The van der Waals surface area contributed by atoms with Crippen LogP contribution in [0.25, 0.3) is 0 Å². The highest BCUT2D eigenvalue weighted by Crippen LogP contribution is 2.36. The van der Waals surface area contributed by atoms with Gasteiger partial charge in [-0.25, -0.2) is 16.8 Å². The lowest BCUT2D eigenvalue weighted by Crippen LogP contribution is -2.05. The molecule has 0 bridgehead atoms. The molecule has 0 aliphatic rings. The van der Waals surface area contributed by atoms with Crippen molar-refractivity contribution in [2.24, 2.45) is 0 Å². The Morgan fingerprint density at radius 2 is 0.519 bits per heavy atom. The van der Waals surface area contributed by atoms with Gasteiger partial charge >= 0.3 is 0 Å². The molecule has 0 atom stereocenters. The number of benzene rings is 6. The lowest BCUT2D eigenvalue weighted by Gasteiger charge is -2.09. The predicted octanol–water partition coefficient (Wildman–Crippen LogP) is 14.6. The van der Waals surface area contributed by atoms with Crippen LogP contribution < -0.4 is 0 Å². The summed E-state index contributed by atoms with van der Waals surface area (Å²) in [5.74, 6) is 0. The molecule has 0 spiro atoms. The summed E-state index contributed by atoms with van der Waals surface area (Å²) in [5, 5.41) is 3.22. The summed E-state index contributed by atoms with van der Waals surface area (Å²) in [6.45, 7) is 0. The second-order valence-corrected chi connectivity index (χ2v) is 20.3. The van der Waals surface area contributed by atoms with E-state index >= 15 is 0 Å². The maximum atomic E-state index is 12.8. The first-order valence-electron chi connectivity index (χ1n) is 14.4. The van der Waals surface area contributed by atoms with Crippen molar-refractivity contribution in [3.05, 3.63) is 162 Å². The van der Waals surface area contributed by atoms with Crippen molar-refractivity contribution in [1.29, 1.82) is 0 Å². The fourth-order valence-corrected chi connectivity index (χ4v) is 11.6. The molecule has 0 N–H and O–H groups in total. The quantitative estimate of drug-likeness (QED) is 0.151. The predicted molar refractivity (Wildman–Crippen MR) is 218 cm³/mol. The third-order valence-corrected chi connectivity index (χ3v) is 13.9. The summed E-state index contributed by atoms with van der Waals surface area (Å²) < 4.78 is 51.0. The molecule has 6 aromatic carbocycles. The Bertz CT molecular complexity index is 2230. The summed E-state index contributed by atoms with van der Waals surface area (Å²) in [6.07, 6.45) is 0.